The Morgan fingerprint density at radius 1 is 0.923 bits per heavy atom. The van der Waals surface area contributed by atoms with Crippen LogP contribution in [-0.2, 0) is 32.9 Å². The molecule has 52 heavy (non-hydrogen) atoms. The van der Waals surface area contributed by atoms with Gasteiger partial charge in [-0.15, -0.1) is 0 Å². The normalized spacial score (nSPS) is 22.4. The van der Waals surface area contributed by atoms with E-state index in [-0.39, 0.29) is 28.4 Å². The Kier molecular flexibility index (Phi) is 15.1. The molecule has 1 aliphatic carbocycles. The fraction of sp³-hybridized carbons (Fsp3) is 0.829. The summed E-state index contributed by atoms with van der Waals surface area (Å²) >= 11 is 0. The topological polar surface area (TPSA) is 173 Å². The van der Waals surface area contributed by atoms with Gasteiger partial charge in [0, 0.05) is 5.92 Å². The van der Waals surface area contributed by atoms with Gasteiger partial charge in [-0.2, -0.15) is 8.42 Å². The van der Waals surface area contributed by atoms with Crippen LogP contribution < -0.4 is 10.5 Å². The van der Waals surface area contributed by atoms with Crippen molar-refractivity contribution in [1.82, 2.24) is 29.1 Å². The van der Waals surface area contributed by atoms with Crippen LogP contribution in [0.5, 0.6) is 0 Å². The number of nitrogens with zero attached hydrogens (tertiary/aromatic N) is 5. The van der Waals surface area contributed by atoms with Crippen molar-refractivity contribution < 1.29 is 31.0 Å². The standard InChI is InChI=1S/C29H52N6O7SSi2.C6H15N/c1-28(2,3)44(7,8)41-22-20(16-39-43(37,38)34-26(36)19-14-12-11-13-15-19)40-27(23(22)42-45(9,10)29(4,5)6)35-18-33-21-24(30)31-17-32-25(21)35;1-4-7(5-2)6-3/h17-20,22-23,27H,11-16H2,1-10H3,(H,34,36)(H2,30,31,32);4-6H2,1-3H3/t20-,22-,23-,27-;/m1./s1. The van der Waals surface area contributed by atoms with E-state index in [1.54, 1.807) is 10.9 Å². The van der Waals surface area contributed by atoms with Crippen LogP contribution in [-0.4, -0.2) is 99.9 Å². The first-order valence-corrected chi connectivity index (χ1v) is 26.1. The molecule has 4 atom stereocenters. The Morgan fingerprint density at radius 3 is 1.96 bits per heavy atom. The maximum Gasteiger partial charge on any atom is 0.362 e. The highest BCUT2D eigenvalue weighted by Crippen LogP contribution is 2.46. The van der Waals surface area contributed by atoms with E-state index in [0.29, 0.717) is 24.0 Å². The number of hydrogen-bond donors (Lipinski definition) is 2. The summed E-state index contributed by atoms with van der Waals surface area (Å²) < 4.78 is 56.1. The zero-order chi connectivity index (χ0) is 39.3. The van der Waals surface area contributed by atoms with Crippen molar-refractivity contribution in [1.29, 1.82) is 0 Å². The number of carbonyl (C=O) groups is 1. The minimum absolute atomic E-state index is 0.149. The lowest BCUT2D eigenvalue weighted by molar-refractivity contribution is -0.124. The summed E-state index contributed by atoms with van der Waals surface area (Å²) in [5.41, 5.74) is 6.98. The molecule has 2 aromatic rings. The molecule has 0 bridgehead atoms. The van der Waals surface area contributed by atoms with Crippen molar-refractivity contribution in [3.8, 4) is 0 Å². The monoisotopic (exact) mass is 785 g/mol. The average molecular weight is 786 g/mol. The SMILES string of the molecule is CC(C)(C)[Si](C)(C)O[C@@H]1[C@H](O[Si](C)(C)C(C)(C)C)[C@@H](COS(=O)(=O)NC(=O)C2CCCCC2)O[C@H]1n1cnc2c(N)ncnc21.CCN(CC)CC. The van der Waals surface area contributed by atoms with Gasteiger partial charge in [-0.25, -0.2) is 19.7 Å². The Morgan fingerprint density at radius 2 is 1.46 bits per heavy atom. The third-order valence-corrected chi connectivity index (χ3v) is 21.2. The molecule has 0 spiro atoms. The number of nitrogen functional groups attached to an aromatic ring is 1. The molecular weight excluding hydrogens is 719 g/mol. The number of fused-ring (bicyclic) bond motifs is 1. The quantitative estimate of drug-likeness (QED) is 0.215. The number of hydrogen-bond acceptors (Lipinski definition) is 12. The molecule has 1 amide bonds. The number of carbonyl (C=O) groups excluding carboxylic acids is 1. The summed E-state index contributed by atoms with van der Waals surface area (Å²) in [7, 11) is -9.33. The molecule has 1 aliphatic heterocycles. The zero-order valence-electron chi connectivity index (χ0n) is 34.0. The summed E-state index contributed by atoms with van der Waals surface area (Å²) in [4.78, 5) is 28.1. The lowest BCUT2D eigenvalue weighted by atomic mass is 9.89. The van der Waals surface area contributed by atoms with Gasteiger partial charge in [0.25, 0.3) is 0 Å². The summed E-state index contributed by atoms with van der Waals surface area (Å²) in [5.74, 6) is -0.645. The minimum Gasteiger partial charge on any atom is -0.408 e. The Bertz CT molecular complexity index is 1560. The first-order valence-electron chi connectivity index (χ1n) is 18.9. The Balaban J connectivity index is 0.000000944. The summed E-state index contributed by atoms with van der Waals surface area (Å²) in [6.45, 7) is 31.1. The van der Waals surface area contributed by atoms with Crippen molar-refractivity contribution >= 4 is 49.8 Å². The van der Waals surface area contributed by atoms with Gasteiger partial charge in [0.2, 0.25) is 5.91 Å². The number of ether oxygens (including phenoxy) is 1. The van der Waals surface area contributed by atoms with Gasteiger partial charge < -0.3 is 24.2 Å². The van der Waals surface area contributed by atoms with Gasteiger partial charge in [0.15, 0.2) is 34.3 Å². The van der Waals surface area contributed by atoms with Crippen molar-refractivity contribution in [3.63, 3.8) is 0 Å². The minimum atomic E-state index is -4.41. The Hall–Kier alpha value is -2.00. The fourth-order valence-electron chi connectivity index (χ4n) is 5.85. The number of imidazole rings is 1. The number of amides is 1. The largest absolute Gasteiger partial charge is 0.408 e. The molecule has 1 saturated carbocycles. The first kappa shape index (κ1) is 44.4. The molecule has 4 rings (SSSR count). The van der Waals surface area contributed by atoms with E-state index in [9.17, 15) is 13.2 Å². The van der Waals surface area contributed by atoms with E-state index in [2.05, 4.69) is 113 Å². The first-order chi connectivity index (χ1) is 24.0. The van der Waals surface area contributed by atoms with E-state index < -0.39 is 57.4 Å². The number of anilines is 1. The van der Waals surface area contributed by atoms with E-state index in [0.717, 1.165) is 19.3 Å². The molecule has 2 aliphatic rings. The summed E-state index contributed by atoms with van der Waals surface area (Å²) in [6, 6.07) is 0. The molecule has 17 heteroatoms. The van der Waals surface area contributed by atoms with Crippen molar-refractivity contribution in [2.24, 2.45) is 5.92 Å². The molecule has 2 aromatic heterocycles. The van der Waals surface area contributed by atoms with Crippen LogP contribution in [0.15, 0.2) is 12.7 Å². The van der Waals surface area contributed by atoms with Crippen molar-refractivity contribution in [2.75, 3.05) is 32.0 Å². The number of aromatic nitrogens is 4. The van der Waals surface area contributed by atoms with Crippen LogP contribution in [0.1, 0.15) is 101 Å². The molecule has 3 N–H and O–H groups in total. The maximum absolute atomic E-state index is 13.0. The molecule has 0 unspecified atom stereocenters. The summed E-state index contributed by atoms with van der Waals surface area (Å²) in [5, 5.41) is -0.314. The number of nitrogens with one attached hydrogen (secondary N) is 1. The maximum atomic E-state index is 13.0. The van der Waals surface area contributed by atoms with Crippen molar-refractivity contribution in [3.05, 3.63) is 12.7 Å². The second-order valence-corrected chi connectivity index (χ2v) is 27.9. The van der Waals surface area contributed by atoms with Crippen LogP contribution in [0.4, 0.5) is 5.82 Å². The van der Waals surface area contributed by atoms with Gasteiger partial charge in [0.05, 0.1) is 12.9 Å². The molecular formula is C35H67N7O7SSi2. The van der Waals surface area contributed by atoms with E-state index in [1.807, 2.05) is 0 Å². The second-order valence-electron chi connectivity index (χ2n) is 17.0. The summed E-state index contributed by atoms with van der Waals surface area (Å²) in [6.07, 6.45) is 4.09. The second kappa shape index (κ2) is 17.6. The highest BCUT2D eigenvalue weighted by Gasteiger charge is 2.55. The molecule has 1 saturated heterocycles. The fourth-order valence-corrected chi connectivity index (χ4v) is 9.24. The van der Waals surface area contributed by atoms with Crippen LogP contribution >= 0.6 is 0 Å². The van der Waals surface area contributed by atoms with Gasteiger partial charge in [-0.1, -0.05) is 81.6 Å². The smallest absolute Gasteiger partial charge is 0.362 e. The van der Waals surface area contributed by atoms with Crippen LogP contribution in [0, 0.1) is 5.92 Å². The predicted octanol–water partition coefficient (Wildman–Crippen LogP) is 6.39. The highest BCUT2D eigenvalue weighted by atomic mass is 32.2. The Labute approximate surface area is 314 Å². The lowest BCUT2D eigenvalue weighted by Gasteiger charge is -2.44. The van der Waals surface area contributed by atoms with Crippen LogP contribution in [0.3, 0.4) is 0 Å². The number of rotatable bonds is 13. The molecule has 2 fully saturated rings. The third-order valence-electron chi connectivity index (χ3n) is 11.4. The highest BCUT2D eigenvalue weighted by molar-refractivity contribution is 7.85. The van der Waals surface area contributed by atoms with Crippen molar-refractivity contribution in [2.45, 2.75) is 155 Å². The van der Waals surface area contributed by atoms with E-state index >= 15 is 0 Å². The molecule has 3 heterocycles. The number of nitrogens with two attached hydrogens (primary N) is 1. The molecule has 14 nitrogen and oxygen atoms in total. The van der Waals surface area contributed by atoms with Gasteiger partial charge in [-0.05, 0) is 68.7 Å². The predicted molar refractivity (Wildman–Crippen MR) is 211 cm³/mol. The lowest BCUT2D eigenvalue weighted by Crippen LogP contribution is -2.54. The van der Waals surface area contributed by atoms with Crippen LogP contribution in [0.25, 0.3) is 11.2 Å². The molecule has 0 aromatic carbocycles. The zero-order valence-corrected chi connectivity index (χ0v) is 36.8. The van der Waals surface area contributed by atoms with E-state index in [4.69, 9.17) is 23.5 Å². The average Bonchev–Trinajstić information content (AvgIpc) is 3.62. The molecule has 298 valence electrons. The van der Waals surface area contributed by atoms with Crippen LogP contribution in [0.2, 0.25) is 36.3 Å². The van der Waals surface area contributed by atoms with Gasteiger partial charge >= 0.3 is 10.3 Å². The third kappa shape index (κ3) is 11.0. The molecule has 0 radical (unpaired) electrons. The van der Waals surface area contributed by atoms with Gasteiger partial charge in [0.1, 0.15) is 30.2 Å². The van der Waals surface area contributed by atoms with Gasteiger partial charge in [-0.3, -0.25) is 13.5 Å². The van der Waals surface area contributed by atoms with E-state index in [1.165, 1.54) is 26.0 Å².